The normalized spacial score (nSPS) is 11.2. The zero-order chi connectivity index (χ0) is 16.3. The molecule has 0 saturated heterocycles. The molecule has 0 heterocycles. The van der Waals surface area contributed by atoms with Crippen LogP contribution in [0.15, 0.2) is 30.3 Å². The summed E-state index contributed by atoms with van der Waals surface area (Å²) >= 11 is 0. The third-order valence-electron chi connectivity index (χ3n) is 2.50. The second-order valence-electron chi connectivity index (χ2n) is 5.33. The highest BCUT2D eigenvalue weighted by atomic mass is 16.5. The van der Waals surface area contributed by atoms with E-state index in [1.54, 1.807) is 24.3 Å². The fraction of sp³-hybridized carbons (Fsp3) is 0.500. The van der Waals surface area contributed by atoms with E-state index in [1.807, 2.05) is 13.0 Å². The molecule has 0 saturated carbocycles. The standard InChI is InChI=1S/C8H8O3.C8H16O2/c9-8(10)6-11-7-4-2-1-3-5-7;1-6(2)4-7(3)5-8(9)10/h1-5H,6H2,(H,9,10);6-7H,4-5H2,1-3H3,(H,9,10). The maximum atomic E-state index is 10.2. The minimum Gasteiger partial charge on any atom is -0.482 e. The summed E-state index contributed by atoms with van der Waals surface area (Å²) in [5, 5.41) is 16.6. The van der Waals surface area contributed by atoms with Crippen LogP contribution in [-0.4, -0.2) is 28.8 Å². The van der Waals surface area contributed by atoms with Crippen LogP contribution in [-0.2, 0) is 9.59 Å². The Balaban J connectivity index is 0.000000384. The maximum absolute atomic E-state index is 10.2. The number of rotatable bonds is 7. The van der Waals surface area contributed by atoms with Crippen molar-refractivity contribution in [2.75, 3.05) is 6.61 Å². The van der Waals surface area contributed by atoms with Crippen molar-refractivity contribution in [3.05, 3.63) is 30.3 Å². The minimum absolute atomic E-state index is 0.288. The summed E-state index contributed by atoms with van der Waals surface area (Å²) in [6.07, 6.45) is 1.31. The van der Waals surface area contributed by atoms with Gasteiger partial charge in [-0.2, -0.15) is 0 Å². The summed E-state index contributed by atoms with van der Waals surface area (Å²) in [5.74, 6) is -0.149. The highest BCUT2D eigenvalue weighted by Crippen LogP contribution is 2.13. The van der Waals surface area contributed by atoms with E-state index in [0.717, 1.165) is 6.42 Å². The van der Waals surface area contributed by atoms with Gasteiger partial charge in [-0.15, -0.1) is 0 Å². The van der Waals surface area contributed by atoms with Crippen LogP contribution < -0.4 is 4.74 Å². The average Bonchev–Trinajstić information content (AvgIpc) is 2.36. The number of hydrogen-bond acceptors (Lipinski definition) is 3. The Hall–Kier alpha value is -2.04. The van der Waals surface area contributed by atoms with E-state index in [-0.39, 0.29) is 6.61 Å². The average molecular weight is 296 g/mol. The maximum Gasteiger partial charge on any atom is 0.341 e. The summed E-state index contributed by atoms with van der Waals surface area (Å²) in [6, 6.07) is 8.84. The number of para-hydroxylation sites is 1. The third-order valence-corrected chi connectivity index (χ3v) is 2.50. The first kappa shape index (κ1) is 19.0. The molecule has 21 heavy (non-hydrogen) atoms. The van der Waals surface area contributed by atoms with Crippen LogP contribution >= 0.6 is 0 Å². The molecule has 1 aromatic carbocycles. The number of benzene rings is 1. The van der Waals surface area contributed by atoms with Gasteiger partial charge in [0.25, 0.3) is 0 Å². The van der Waals surface area contributed by atoms with Gasteiger partial charge < -0.3 is 14.9 Å². The highest BCUT2D eigenvalue weighted by Gasteiger charge is 2.08. The topological polar surface area (TPSA) is 83.8 Å². The largest absolute Gasteiger partial charge is 0.482 e. The number of hydrogen-bond donors (Lipinski definition) is 2. The van der Waals surface area contributed by atoms with E-state index in [0.29, 0.717) is 24.0 Å². The number of ether oxygens (including phenoxy) is 1. The fourth-order valence-electron chi connectivity index (χ4n) is 1.85. The van der Waals surface area contributed by atoms with Crippen LogP contribution in [0.5, 0.6) is 5.75 Å². The molecule has 0 aliphatic rings. The van der Waals surface area contributed by atoms with Crippen molar-refractivity contribution < 1.29 is 24.5 Å². The quantitative estimate of drug-likeness (QED) is 0.806. The van der Waals surface area contributed by atoms with E-state index in [9.17, 15) is 9.59 Å². The van der Waals surface area contributed by atoms with E-state index < -0.39 is 11.9 Å². The van der Waals surface area contributed by atoms with E-state index in [2.05, 4.69) is 13.8 Å². The number of carbonyl (C=O) groups is 2. The monoisotopic (exact) mass is 296 g/mol. The van der Waals surface area contributed by atoms with Gasteiger partial charge in [0, 0.05) is 6.42 Å². The molecule has 1 rings (SSSR count). The Morgan fingerprint density at radius 3 is 2.05 bits per heavy atom. The summed E-state index contributed by atoms with van der Waals surface area (Å²) in [6.45, 7) is 5.91. The van der Waals surface area contributed by atoms with Crippen LogP contribution in [0, 0.1) is 11.8 Å². The Morgan fingerprint density at radius 1 is 1.05 bits per heavy atom. The van der Waals surface area contributed by atoms with Crippen LogP contribution in [0.2, 0.25) is 0 Å². The molecule has 5 nitrogen and oxygen atoms in total. The molecule has 2 N–H and O–H groups in total. The highest BCUT2D eigenvalue weighted by molar-refractivity contribution is 5.68. The van der Waals surface area contributed by atoms with Crippen molar-refractivity contribution in [3.8, 4) is 5.75 Å². The molecule has 118 valence electrons. The van der Waals surface area contributed by atoms with Crippen molar-refractivity contribution in [1.82, 2.24) is 0 Å². The zero-order valence-corrected chi connectivity index (χ0v) is 12.8. The number of carboxylic acids is 2. The van der Waals surface area contributed by atoms with Crippen molar-refractivity contribution in [2.45, 2.75) is 33.6 Å². The molecular weight excluding hydrogens is 272 g/mol. The van der Waals surface area contributed by atoms with Gasteiger partial charge in [0.15, 0.2) is 6.61 Å². The van der Waals surface area contributed by atoms with Crippen LogP contribution in [0.3, 0.4) is 0 Å². The molecule has 0 amide bonds. The second kappa shape index (κ2) is 10.7. The summed E-state index contributed by atoms with van der Waals surface area (Å²) in [4.78, 5) is 20.2. The number of carboxylic acid groups (broad SMARTS) is 2. The summed E-state index contributed by atoms with van der Waals surface area (Å²) in [7, 11) is 0. The lowest BCUT2D eigenvalue weighted by atomic mass is 9.96. The van der Waals surface area contributed by atoms with Crippen molar-refractivity contribution in [3.63, 3.8) is 0 Å². The third kappa shape index (κ3) is 12.7. The SMILES string of the molecule is CC(C)CC(C)CC(=O)O.O=C(O)COc1ccccc1. The Bertz CT molecular complexity index is 414. The van der Waals surface area contributed by atoms with Crippen LogP contribution in [0.1, 0.15) is 33.6 Å². The van der Waals surface area contributed by atoms with Crippen LogP contribution in [0.25, 0.3) is 0 Å². The lowest BCUT2D eigenvalue weighted by Crippen LogP contribution is -2.09. The van der Waals surface area contributed by atoms with Gasteiger partial charge in [-0.1, -0.05) is 39.0 Å². The summed E-state index contributed by atoms with van der Waals surface area (Å²) < 4.78 is 4.87. The van der Waals surface area contributed by atoms with Crippen molar-refractivity contribution in [2.24, 2.45) is 11.8 Å². The smallest absolute Gasteiger partial charge is 0.341 e. The number of aliphatic carboxylic acids is 2. The molecule has 1 aromatic rings. The lowest BCUT2D eigenvalue weighted by molar-refractivity contribution is -0.139. The minimum atomic E-state index is -0.964. The molecule has 1 atom stereocenters. The molecule has 0 fully saturated rings. The fourth-order valence-corrected chi connectivity index (χ4v) is 1.85. The Morgan fingerprint density at radius 2 is 1.62 bits per heavy atom. The molecule has 5 heteroatoms. The van der Waals surface area contributed by atoms with E-state index in [1.165, 1.54) is 0 Å². The second-order valence-corrected chi connectivity index (χ2v) is 5.33. The Kier molecular flexibility index (Phi) is 9.67. The molecule has 0 radical (unpaired) electrons. The van der Waals surface area contributed by atoms with E-state index >= 15 is 0 Å². The molecule has 0 spiro atoms. The first-order valence-electron chi connectivity index (χ1n) is 6.92. The molecule has 0 aliphatic heterocycles. The van der Waals surface area contributed by atoms with Gasteiger partial charge in [-0.25, -0.2) is 4.79 Å². The predicted molar refractivity (Wildman–Crippen MR) is 80.4 cm³/mol. The van der Waals surface area contributed by atoms with Crippen LogP contribution in [0.4, 0.5) is 0 Å². The van der Waals surface area contributed by atoms with Gasteiger partial charge in [0.1, 0.15) is 5.75 Å². The van der Waals surface area contributed by atoms with Crippen molar-refractivity contribution >= 4 is 11.9 Å². The Labute approximate surface area is 125 Å². The van der Waals surface area contributed by atoms with Gasteiger partial charge in [-0.05, 0) is 30.4 Å². The van der Waals surface area contributed by atoms with Gasteiger partial charge in [0.05, 0.1) is 0 Å². The molecular formula is C16H24O5. The molecule has 0 bridgehead atoms. The molecule has 0 aliphatic carbocycles. The van der Waals surface area contributed by atoms with Crippen molar-refractivity contribution in [1.29, 1.82) is 0 Å². The van der Waals surface area contributed by atoms with E-state index in [4.69, 9.17) is 14.9 Å². The van der Waals surface area contributed by atoms with Gasteiger partial charge in [0.2, 0.25) is 0 Å². The predicted octanol–water partition coefficient (Wildman–Crippen LogP) is 3.29. The first-order chi connectivity index (χ1) is 9.81. The van der Waals surface area contributed by atoms with Gasteiger partial charge >= 0.3 is 11.9 Å². The zero-order valence-electron chi connectivity index (χ0n) is 12.8. The first-order valence-corrected chi connectivity index (χ1v) is 6.92. The molecule has 1 unspecified atom stereocenters. The van der Waals surface area contributed by atoms with Gasteiger partial charge in [-0.3, -0.25) is 4.79 Å². The molecule has 0 aromatic heterocycles. The lowest BCUT2D eigenvalue weighted by Gasteiger charge is -2.10. The summed E-state index contributed by atoms with van der Waals surface area (Å²) in [5.41, 5.74) is 0.